The van der Waals surface area contributed by atoms with E-state index in [9.17, 15) is 0 Å². The molecule has 0 spiro atoms. The van der Waals surface area contributed by atoms with Gasteiger partial charge in [0.05, 0.1) is 24.4 Å². The van der Waals surface area contributed by atoms with Gasteiger partial charge in [-0.3, -0.25) is 4.98 Å². The number of benzene rings is 2. The highest BCUT2D eigenvalue weighted by Crippen LogP contribution is 2.44. The largest absolute Gasteiger partial charge is 0.494 e. The molecule has 2 atom stereocenters. The second-order valence-corrected chi connectivity index (χ2v) is 9.51. The van der Waals surface area contributed by atoms with Gasteiger partial charge in [0.15, 0.2) is 16.6 Å². The molecule has 0 saturated carbocycles. The molecule has 2 aromatic carbocycles. The smallest absolute Gasteiger partial charge is 0.231 e. The number of ether oxygens (including phenoxy) is 3. The molecule has 7 nitrogen and oxygen atoms in total. The maximum atomic E-state index is 5.91. The van der Waals surface area contributed by atoms with E-state index in [1.54, 1.807) is 0 Å². The number of aromatic nitrogens is 2. The Morgan fingerprint density at radius 1 is 1.00 bits per heavy atom. The molecular weight excluding hydrogens is 484 g/mol. The Balaban J connectivity index is 1.47. The minimum Gasteiger partial charge on any atom is -0.494 e. The van der Waals surface area contributed by atoms with E-state index < -0.39 is 0 Å². The van der Waals surface area contributed by atoms with E-state index in [1.807, 2.05) is 55.6 Å². The number of thiocarbonyl (C=S) groups is 1. The molecule has 188 valence electrons. The maximum Gasteiger partial charge on any atom is 0.231 e. The van der Waals surface area contributed by atoms with Gasteiger partial charge in [-0.05, 0) is 93.1 Å². The minimum atomic E-state index is -0.119. The van der Waals surface area contributed by atoms with Crippen LogP contribution in [0.5, 0.6) is 17.2 Å². The zero-order valence-electron chi connectivity index (χ0n) is 21.0. The summed E-state index contributed by atoms with van der Waals surface area (Å²) in [5.41, 5.74) is 6.39. The van der Waals surface area contributed by atoms with Crippen molar-refractivity contribution in [2.45, 2.75) is 32.9 Å². The Kier molecular flexibility index (Phi) is 5.96. The van der Waals surface area contributed by atoms with Gasteiger partial charge in [-0.1, -0.05) is 6.07 Å². The molecule has 4 aromatic rings. The van der Waals surface area contributed by atoms with E-state index in [4.69, 9.17) is 26.4 Å². The number of pyridine rings is 1. The molecule has 1 saturated heterocycles. The van der Waals surface area contributed by atoms with Crippen molar-refractivity contribution in [2.24, 2.45) is 0 Å². The van der Waals surface area contributed by atoms with E-state index in [0.29, 0.717) is 11.7 Å². The minimum absolute atomic E-state index is 0.102. The predicted octanol–water partition coefficient (Wildman–Crippen LogP) is 5.79. The first-order chi connectivity index (χ1) is 18.0. The van der Waals surface area contributed by atoms with E-state index in [0.717, 1.165) is 45.7 Å². The summed E-state index contributed by atoms with van der Waals surface area (Å²) in [5.74, 6) is 2.37. The van der Waals surface area contributed by atoms with Gasteiger partial charge in [-0.15, -0.1) is 0 Å². The van der Waals surface area contributed by atoms with Crippen LogP contribution in [0.3, 0.4) is 0 Å². The summed E-state index contributed by atoms with van der Waals surface area (Å²) < 4.78 is 19.1. The van der Waals surface area contributed by atoms with Crippen LogP contribution >= 0.6 is 12.2 Å². The number of rotatable bonds is 6. The first kappa shape index (κ1) is 23.4. The molecule has 37 heavy (non-hydrogen) atoms. The first-order valence-corrected chi connectivity index (χ1v) is 12.8. The van der Waals surface area contributed by atoms with Crippen LogP contribution in [0.2, 0.25) is 0 Å². The van der Waals surface area contributed by atoms with Crippen molar-refractivity contribution >= 4 is 23.0 Å². The van der Waals surface area contributed by atoms with Crippen molar-refractivity contribution in [2.75, 3.05) is 18.3 Å². The molecule has 2 aliphatic rings. The van der Waals surface area contributed by atoms with Crippen molar-refractivity contribution in [3.8, 4) is 22.9 Å². The zero-order valence-corrected chi connectivity index (χ0v) is 21.8. The van der Waals surface area contributed by atoms with Crippen LogP contribution < -0.4 is 24.4 Å². The summed E-state index contributed by atoms with van der Waals surface area (Å²) in [6, 6.07) is 22.2. The summed E-state index contributed by atoms with van der Waals surface area (Å²) in [6.45, 7) is 7.14. The number of nitrogens with one attached hydrogen (secondary N) is 1. The number of aryl methyl sites for hydroxylation is 1. The summed E-state index contributed by atoms with van der Waals surface area (Å²) in [5, 5.41) is 4.22. The molecule has 8 heteroatoms. The lowest BCUT2D eigenvalue weighted by molar-refractivity contribution is 0.174. The van der Waals surface area contributed by atoms with Gasteiger partial charge in [0.2, 0.25) is 6.79 Å². The molecule has 2 aromatic heterocycles. The molecule has 1 N–H and O–H groups in total. The van der Waals surface area contributed by atoms with Crippen molar-refractivity contribution in [1.29, 1.82) is 0 Å². The van der Waals surface area contributed by atoms with Gasteiger partial charge in [0.1, 0.15) is 5.75 Å². The zero-order chi connectivity index (χ0) is 25.5. The standard InChI is InChI=1S/C29H28N4O3S/c1-4-34-22-11-8-20(9-12-22)33-28(27(31-29(33)37)24-7-5-6-14-30-24)23-15-18(2)32(19(23)3)21-10-13-25-26(16-21)36-17-35-25/h5-16,27-28H,4,17H2,1-3H3,(H,31,37)/t27-,28-/m0/s1. The highest BCUT2D eigenvalue weighted by atomic mass is 32.1. The summed E-state index contributed by atoms with van der Waals surface area (Å²) in [6.07, 6.45) is 1.83. The van der Waals surface area contributed by atoms with Crippen LogP contribution in [0.4, 0.5) is 5.69 Å². The summed E-state index contributed by atoms with van der Waals surface area (Å²) in [7, 11) is 0. The first-order valence-electron chi connectivity index (χ1n) is 12.4. The van der Waals surface area contributed by atoms with Crippen LogP contribution in [0, 0.1) is 13.8 Å². The van der Waals surface area contributed by atoms with Gasteiger partial charge in [0, 0.05) is 35.0 Å². The van der Waals surface area contributed by atoms with E-state index >= 15 is 0 Å². The van der Waals surface area contributed by atoms with Gasteiger partial charge in [-0.2, -0.15) is 0 Å². The quantitative estimate of drug-likeness (QED) is 0.328. The van der Waals surface area contributed by atoms with E-state index in [-0.39, 0.29) is 18.9 Å². The molecule has 0 amide bonds. The van der Waals surface area contributed by atoms with Crippen molar-refractivity contribution in [3.05, 3.63) is 95.6 Å². The molecule has 0 unspecified atom stereocenters. The fourth-order valence-electron chi connectivity index (χ4n) is 5.33. The molecule has 0 radical (unpaired) electrons. The van der Waals surface area contributed by atoms with Crippen molar-refractivity contribution in [3.63, 3.8) is 0 Å². The maximum absolute atomic E-state index is 5.91. The van der Waals surface area contributed by atoms with Crippen LogP contribution in [-0.4, -0.2) is 28.1 Å². The Morgan fingerprint density at radius 2 is 1.78 bits per heavy atom. The molecular formula is C29H28N4O3S. The second-order valence-electron chi connectivity index (χ2n) is 9.12. The lowest BCUT2D eigenvalue weighted by Crippen LogP contribution is -2.29. The highest BCUT2D eigenvalue weighted by Gasteiger charge is 2.42. The van der Waals surface area contributed by atoms with Crippen molar-refractivity contribution < 1.29 is 14.2 Å². The average molecular weight is 513 g/mol. The Labute approximate surface area is 221 Å². The monoisotopic (exact) mass is 512 g/mol. The molecule has 4 heterocycles. The number of nitrogens with zero attached hydrogens (tertiary/aromatic N) is 3. The lowest BCUT2D eigenvalue weighted by Gasteiger charge is -2.28. The average Bonchev–Trinajstić information content (AvgIpc) is 3.60. The number of hydrogen-bond acceptors (Lipinski definition) is 5. The number of hydrogen-bond donors (Lipinski definition) is 1. The van der Waals surface area contributed by atoms with Crippen molar-refractivity contribution in [1.82, 2.24) is 14.9 Å². The normalized spacial score (nSPS) is 18.2. The fraction of sp³-hybridized carbons (Fsp3) is 0.241. The van der Waals surface area contributed by atoms with Gasteiger partial charge in [-0.25, -0.2) is 0 Å². The Bertz CT molecular complexity index is 1450. The SMILES string of the molecule is CCOc1ccc(N2C(=S)N[C@@H](c3ccccn3)[C@@H]2c2cc(C)n(-c3ccc4c(c3)OCO4)c2C)cc1. The molecule has 1 fully saturated rings. The van der Waals surface area contributed by atoms with E-state index in [1.165, 1.54) is 5.56 Å². The fourth-order valence-corrected chi connectivity index (χ4v) is 5.67. The third kappa shape index (κ3) is 4.07. The molecule has 6 rings (SSSR count). The van der Waals surface area contributed by atoms with Gasteiger partial charge >= 0.3 is 0 Å². The lowest BCUT2D eigenvalue weighted by atomic mass is 9.96. The van der Waals surface area contributed by atoms with Gasteiger partial charge < -0.3 is 29.0 Å². The molecule has 0 bridgehead atoms. The van der Waals surface area contributed by atoms with Crippen LogP contribution in [-0.2, 0) is 0 Å². The van der Waals surface area contributed by atoms with Gasteiger partial charge in [0.25, 0.3) is 0 Å². The second kappa shape index (κ2) is 9.44. The topological polar surface area (TPSA) is 60.8 Å². The van der Waals surface area contributed by atoms with Crippen LogP contribution in [0.25, 0.3) is 5.69 Å². The Morgan fingerprint density at radius 3 is 2.54 bits per heavy atom. The predicted molar refractivity (Wildman–Crippen MR) is 147 cm³/mol. The third-order valence-corrected chi connectivity index (χ3v) is 7.24. The van der Waals surface area contributed by atoms with Crippen LogP contribution in [0.15, 0.2) is 72.9 Å². The number of fused-ring (bicyclic) bond motifs is 1. The third-order valence-electron chi connectivity index (χ3n) is 6.93. The molecule has 0 aliphatic carbocycles. The summed E-state index contributed by atoms with van der Waals surface area (Å²) in [4.78, 5) is 6.88. The Hall–Kier alpha value is -4.04. The molecule has 2 aliphatic heterocycles. The van der Waals surface area contributed by atoms with E-state index in [2.05, 4.69) is 57.9 Å². The highest BCUT2D eigenvalue weighted by molar-refractivity contribution is 7.80. The summed E-state index contributed by atoms with van der Waals surface area (Å²) >= 11 is 5.91. The van der Waals surface area contributed by atoms with Crippen LogP contribution in [0.1, 0.15) is 41.7 Å². The number of anilines is 1.